The van der Waals surface area contributed by atoms with E-state index < -0.39 is 0 Å². The highest BCUT2D eigenvalue weighted by atomic mass is 35.5. The SMILES string of the molecule is CC1CN=C(Cl)c2c1[nH]c1c2ccc2cc(O)ccc21. The van der Waals surface area contributed by atoms with Gasteiger partial charge >= 0.3 is 0 Å². The number of aromatic nitrogens is 1. The van der Waals surface area contributed by atoms with E-state index in [2.05, 4.69) is 16.9 Å². The second-order valence-electron chi connectivity index (χ2n) is 5.34. The largest absolute Gasteiger partial charge is 0.508 e. The van der Waals surface area contributed by atoms with E-state index in [0.717, 1.165) is 39.5 Å². The molecule has 2 aromatic carbocycles. The van der Waals surface area contributed by atoms with E-state index >= 15 is 0 Å². The molecule has 1 aliphatic heterocycles. The van der Waals surface area contributed by atoms with E-state index in [1.807, 2.05) is 18.2 Å². The van der Waals surface area contributed by atoms with Crippen molar-refractivity contribution in [3.63, 3.8) is 0 Å². The third-order valence-electron chi connectivity index (χ3n) is 4.00. The van der Waals surface area contributed by atoms with Gasteiger partial charge in [0.05, 0.1) is 5.52 Å². The van der Waals surface area contributed by atoms with Crippen LogP contribution in [0.25, 0.3) is 21.7 Å². The number of aromatic amines is 1. The molecule has 0 amide bonds. The Balaban J connectivity index is 2.16. The number of phenolic OH excluding ortho intramolecular Hbond substituents is 1. The average Bonchev–Trinajstić information content (AvgIpc) is 2.83. The van der Waals surface area contributed by atoms with Crippen molar-refractivity contribution in [1.82, 2.24) is 4.98 Å². The van der Waals surface area contributed by atoms with Crippen molar-refractivity contribution in [2.75, 3.05) is 6.54 Å². The fraction of sp³-hybridized carbons (Fsp3) is 0.188. The lowest BCUT2D eigenvalue weighted by Crippen LogP contribution is -2.11. The predicted molar refractivity (Wildman–Crippen MR) is 83.1 cm³/mol. The topological polar surface area (TPSA) is 48.4 Å². The highest BCUT2D eigenvalue weighted by molar-refractivity contribution is 6.70. The van der Waals surface area contributed by atoms with Crippen LogP contribution in [-0.4, -0.2) is 21.8 Å². The molecular weight excluding hydrogens is 272 g/mol. The molecule has 2 heterocycles. The van der Waals surface area contributed by atoms with Gasteiger partial charge in [0.15, 0.2) is 0 Å². The second kappa shape index (κ2) is 4.00. The Kier molecular flexibility index (Phi) is 2.36. The number of benzene rings is 2. The van der Waals surface area contributed by atoms with Crippen molar-refractivity contribution < 1.29 is 5.11 Å². The Morgan fingerprint density at radius 2 is 2.05 bits per heavy atom. The third kappa shape index (κ3) is 1.50. The van der Waals surface area contributed by atoms with Crippen LogP contribution in [0.3, 0.4) is 0 Å². The van der Waals surface area contributed by atoms with Crippen LogP contribution < -0.4 is 0 Å². The number of hydrogen-bond donors (Lipinski definition) is 2. The molecule has 4 rings (SSSR count). The van der Waals surface area contributed by atoms with Crippen molar-refractivity contribution in [1.29, 1.82) is 0 Å². The molecule has 1 unspecified atom stereocenters. The van der Waals surface area contributed by atoms with Crippen molar-refractivity contribution in [2.45, 2.75) is 12.8 Å². The summed E-state index contributed by atoms with van der Waals surface area (Å²) in [6.07, 6.45) is 0. The minimum atomic E-state index is 0.279. The molecule has 2 N–H and O–H groups in total. The van der Waals surface area contributed by atoms with E-state index in [4.69, 9.17) is 11.6 Å². The van der Waals surface area contributed by atoms with Crippen molar-refractivity contribution in [3.05, 3.63) is 41.6 Å². The third-order valence-corrected chi connectivity index (χ3v) is 4.31. The fourth-order valence-electron chi connectivity index (χ4n) is 2.98. The second-order valence-corrected chi connectivity index (χ2v) is 5.70. The summed E-state index contributed by atoms with van der Waals surface area (Å²) in [5.74, 6) is 0.619. The fourth-order valence-corrected chi connectivity index (χ4v) is 3.25. The van der Waals surface area contributed by atoms with Gasteiger partial charge in [-0.05, 0) is 23.6 Å². The standard InChI is InChI=1S/C16H13ClN2O/c1-8-7-18-16(17)13-12-4-2-9-6-10(20)3-5-11(9)15(12)19-14(8)13/h2-6,8,19-20H,7H2,1H3. The van der Waals surface area contributed by atoms with Crippen LogP contribution >= 0.6 is 11.6 Å². The van der Waals surface area contributed by atoms with Gasteiger partial charge in [-0.2, -0.15) is 0 Å². The highest BCUT2D eigenvalue weighted by Crippen LogP contribution is 2.36. The predicted octanol–water partition coefficient (Wildman–Crippen LogP) is 4.13. The molecule has 20 heavy (non-hydrogen) atoms. The van der Waals surface area contributed by atoms with Gasteiger partial charge in [-0.25, -0.2) is 0 Å². The molecule has 0 saturated heterocycles. The lowest BCUT2D eigenvalue weighted by molar-refractivity contribution is 0.476. The number of rotatable bonds is 0. The smallest absolute Gasteiger partial charge is 0.133 e. The first kappa shape index (κ1) is 11.8. The average molecular weight is 285 g/mol. The van der Waals surface area contributed by atoms with Crippen LogP contribution in [0.15, 0.2) is 35.3 Å². The van der Waals surface area contributed by atoms with E-state index in [1.54, 1.807) is 12.1 Å². The molecule has 0 saturated carbocycles. The van der Waals surface area contributed by atoms with Gasteiger partial charge in [-0.1, -0.05) is 30.7 Å². The molecule has 1 aliphatic rings. The van der Waals surface area contributed by atoms with Crippen LogP contribution in [0.2, 0.25) is 0 Å². The Hall–Kier alpha value is -2.00. The quantitative estimate of drug-likeness (QED) is 0.641. The molecule has 0 radical (unpaired) electrons. The molecular formula is C16H13ClN2O. The molecule has 100 valence electrons. The minimum Gasteiger partial charge on any atom is -0.508 e. The maximum Gasteiger partial charge on any atom is 0.133 e. The first-order valence-electron chi connectivity index (χ1n) is 6.63. The van der Waals surface area contributed by atoms with Crippen LogP contribution in [0.4, 0.5) is 0 Å². The van der Waals surface area contributed by atoms with Crippen LogP contribution in [0.5, 0.6) is 5.75 Å². The number of halogens is 1. The normalized spacial score (nSPS) is 18.3. The first-order valence-corrected chi connectivity index (χ1v) is 7.00. The lowest BCUT2D eigenvalue weighted by atomic mass is 9.99. The van der Waals surface area contributed by atoms with Gasteiger partial charge in [-0.3, -0.25) is 4.99 Å². The molecule has 3 nitrogen and oxygen atoms in total. The number of H-pyrrole nitrogens is 1. The number of fused-ring (bicyclic) bond motifs is 5. The number of phenols is 1. The lowest BCUT2D eigenvalue weighted by Gasteiger charge is -2.15. The number of aromatic hydroxyl groups is 1. The minimum absolute atomic E-state index is 0.279. The van der Waals surface area contributed by atoms with E-state index in [9.17, 15) is 5.11 Å². The Bertz CT molecular complexity index is 879. The summed E-state index contributed by atoms with van der Waals surface area (Å²) in [5, 5.41) is 13.4. The highest BCUT2D eigenvalue weighted by Gasteiger charge is 2.24. The first-order chi connectivity index (χ1) is 9.65. The Morgan fingerprint density at radius 3 is 2.90 bits per heavy atom. The summed E-state index contributed by atoms with van der Waals surface area (Å²) in [6, 6.07) is 9.47. The summed E-state index contributed by atoms with van der Waals surface area (Å²) in [5.41, 5.74) is 3.24. The Labute approximate surface area is 120 Å². The van der Waals surface area contributed by atoms with E-state index in [1.165, 1.54) is 0 Å². The maximum atomic E-state index is 9.60. The Morgan fingerprint density at radius 1 is 1.25 bits per heavy atom. The molecule has 3 aromatic rings. The summed E-state index contributed by atoms with van der Waals surface area (Å²) in [7, 11) is 0. The maximum absolute atomic E-state index is 9.60. The molecule has 0 spiro atoms. The van der Waals surface area contributed by atoms with Crippen molar-refractivity contribution in [3.8, 4) is 5.75 Å². The van der Waals surface area contributed by atoms with Gasteiger partial charge in [0.2, 0.25) is 0 Å². The van der Waals surface area contributed by atoms with Crippen LogP contribution in [0.1, 0.15) is 24.1 Å². The zero-order valence-electron chi connectivity index (χ0n) is 10.9. The molecule has 4 heteroatoms. The van der Waals surface area contributed by atoms with Crippen molar-refractivity contribution in [2.24, 2.45) is 4.99 Å². The molecule has 1 atom stereocenters. The number of nitrogens with one attached hydrogen (secondary N) is 1. The van der Waals surface area contributed by atoms with Gasteiger partial charge < -0.3 is 10.1 Å². The van der Waals surface area contributed by atoms with E-state index in [-0.39, 0.29) is 5.75 Å². The zero-order valence-corrected chi connectivity index (χ0v) is 11.7. The van der Waals surface area contributed by atoms with Gasteiger partial charge in [0.25, 0.3) is 0 Å². The number of aliphatic imine (C=N–C) groups is 1. The van der Waals surface area contributed by atoms with Gasteiger partial charge in [0.1, 0.15) is 10.9 Å². The monoisotopic (exact) mass is 284 g/mol. The molecule has 1 aromatic heterocycles. The summed E-state index contributed by atoms with van der Waals surface area (Å²) >= 11 is 6.30. The molecule has 0 fully saturated rings. The van der Waals surface area contributed by atoms with Crippen molar-refractivity contribution >= 4 is 38.4 Å². The van der Waals surface area contributed by atoms with Crippen LogP contribution in [-0.2, 0) is 0 Å². The molecule has 0 aliphatic carbocycles. The summed E-state index contributed by atoms with van der Waals surface area (Å²) in [6.45, 7) is 2.87. The molecule has 0 bridgehead atoms. The van der Waals surface area contributed by atoms with Gasteiger partial charge in [-0.15, -0.1) is 0 Å². The van der Waals surface area contributed by atoms with E-state index in [0.29, 0.717) is 11.1 Å². The summed E-state index contributed by atoms with van der Waals surface area (Å²) in [4.78, 5) is 7.90. The number of nitrogens with zero attached hydrogens (tertiary/aromatic N) is 1. The van der Waals surface area contributed by atoms with Gasteiger partial charge in [0, 0.05) is 34.5 Å². The van der Waals surface area contributed by atoms with Crippen LogP contribution in [0, 0.1) is 0 Å². The zero-order chi connectivity index (χ0) is 13.9. The number of hydrogen-bond acceptors (Lipinski definition) is 2. The summed E-state index contributed by atoms with van der Waals surface area (Å²) < 4.78 is 0.